The van der Waals surface area contributed by atoms with Crippen molar-refractivity contribution in [1.82, 2.24) is 0 Å². The van der Waals surface area contributed by atoms with Crippen molar-refractivity contribution in [3.05, 3.63) is 66.2 Å². The number of phenolic OH excluding ortho intramolecular Hbond substituents is 1. The fraction of sp³-hybridized carbons (Fsp3) is 0.458. The number of ketones is 1. The summed E-state index contributed by atoms with van der Waals surface area (Å²) in [4.78, 5) is 15.2. The van der Waals surface area contributed by atoms with Gasteiger partial charge in [0.2, 0.25) is 0 Å². The number of carbonyl (C=O) groups is 1. The average molecular weight is 385 g/mol. The van der Waals surface area contributed by atoms with Crippen LogP contribution in [0, 0.1) is 0 Å². The van der Waals surface area contributed by atoms with Gasteiger partial charge in [-0.2, -0.15) is 0 Å². The summed E-state index contributed by atoms with van der Waals surface area (Å²) in [5, 5.41) is 17.7. The summed E-state index contributed by atoms with van der Waals surface area (Å²) in [5.41, 5.74) is 0.668. The van der Waals surface area contributed by atoms with Crippen LogP contribution in [0.5, 0.6) is 5.75 Å². The minimum atomic E-state index is -0.431. The zero-order valence-corrected chi connectivity index (χ0v) is 16.6. The predicted octanol–water partition coefficient (Wildman–Crippen LogP) is 6.25. The summed E-state index contributed by atoms with van der Waals surface area (Å²) in [6.07, 6.45) is 10.6. The first kappa shape index (κ1) is 22.1. The molecular weight excluding hydrogens is 352 g/mol. The molecule has 2 aromatic carbocycles. The van der Waals surface area contributed by atoms with Gasteiger partial charge >= 0.3 is 0 Å². The minimum absolute atomic E-state index is 0.322. The fourth-order valence-electron chi connectivity index (χ4n) is 3.67. The Bertz CT molecular complexity index is 656. The molecule has 2 N–H and O–H groups in total. The highest BCUT2D eigenvalue weighted by Crippen LogP contribution is 2.39. The van der Waals surface area contributed by atoms with E-state index in [2.05, 4.69) is 0 Å². The summed E-state index contributed by atoms with van der Waals surface area (Å²) >= 11 is 0. The maximum atomic E-state index is 10.5. The third kappa shape index (κ3) is 7.45. The second-order valence-electron chi connectivity index (χ2n) is 7.45. The number of benzene rings is 2. The Hall–Kier alpha value is -2.17. The Kier molecular flexibility index (Phi) is 9.73. The molecule has 0 atom stereocenters. The summed E-state index contributed by atoms with van der Waals surface area (Å²) in [5.74, 6) is 0.786. The third-order valence-electron chi connectivity index (χ3n) is 5.30. The van der Waals surface area contributed by atoms with Gasteiger partial charge in [0.15, 0.2) is 0 Å². The first-order chi connectivity index (χ1) is 13.7. The standard InChI is InChI=1S/C12H16O2.C6H10O.C6H6O/c13-14-12(9-5-2-6-10-12)11-7-3-1-4-8-11;2*7-6-4-2-1-3-5-6/h1,3-4,7-8,13H,2,5-6,9-10H2;1-5H2;1-5,7H. The Morgan fingerprint density at radius 1 is 0.714 bits per heavy atom. The van der Waals surface area contributed by atoms with Crippen molar-refractivity contribution in [3.63, 3.8) is 0 Å². The van der Waals surface area contributed by atoms with Crippen molar-refractivity contribution >= 4 is 5.78 Å². The lowest BCUT2D eigenvalue weighted by Crippen LogP contribution is -2.31. The van der Waals surface area contributed by atoms with Crippen molar-refractivity contribution in [2.24, 2.45) is 0 Å². The van der Waals surface area contributed by atoms with Crippen LogP contribution in [0.1, 0.15) is 69.8 Å². The number of hydrogen-bond donors (Lipinski definition) is 2. The van der Waals surface area contributed by atoms with E-state index in [0.717, 1.165) is 56.9 Å². The highest BCUT2D eigenvalue weighted by molar-refractivity contribution is 5.78. The quantitative estimate of drug-likeness (QED) is 0.474. The molecule has 2 saturated carbocycles. The van der Waals surface area contributed by atoms with E-state index in [4.69, 9.17) is 15.3 Å². The van der Waals surface area contributed by atoms with Crippen molar-refractivity contribution < 1.29 is 20.0 Å². The molecule has 0 aliphatic heterocycles. The average Bonchev–Trinajstić information content (AvgIpc) is 2.77. The van der Waals surface area contributed by atoms with Gasteiger partial charge in [0, 0.05) is 12.8 Å². The van der Waals surface area contributed by atoms with Crippen molar-refractivity contribution in [2.75, 3.05) is 0 Å². The highest BCUT2D eigenvalue weighted by Gasteiger charge is 2.35. The fourth-order valence-corrected chi connectivity index (χ4v) is 3.67. The summed E-state index contributed by atoms with van der Waals surface area (Å²) in [6.45, 7) is 0. The smallest absolute Gasteiger partial charge is 0.132 e. The molecule has 0 amide bonds. The molecule has 0 spiro atoms. The molecule has 0 aromatic heterocycles. The topological polar surface area (TPSA) is 66.8 Å². The molecule has 2 aliphatic rings. The number of Topliss-reactive ketones (excluding diaryl/α,β-unsaturated/α-hetero) is 1. The number of hydrogen-bond acceptors (Lipinski definition) is 4. The van der Waals surface area contributed by atoms with Crippen LogP contribution in [0.25, 0.3) is 0 Å². The molecule has 0 heterocycles. The van der Waals surface area contributed by atoms with E-state index >= 15 is 0 Å². The maximum absolute atomic E-state index is 10.5. The summed E-state index contributed by atoms with van der Waals surface area (Å²) in [7, 11) is 0. The number of aromatic hydroxyl groups is 1. The second kappa shape index (κ2) is 12.3. The van der Waals surface area contributed by atoms with Crippen molar-refractivity contribution in [2.45, 2.75) is 69.8 Å². The van der Waals surface area contributed by atoms with Crippen LogP contribution in [0.15, 0.2) is 60.7 Å². The SMILES string of the molecule is O=C1CCCCC1.OOC1(c2ccccc2)CCCCC1.Oc1ccccc1. The van der Waals surface area contributed by atoms with Crippen LogP contribution in [0.4, 0.5) is 0 Å². The van der Waals surface area contributed by atoms with Gasteiger partial charge < -0.3 is 5.11 Å². The van der Waals surface area contributed by atoms with E-state index in [1.807, 2.05) is 36.4 Å². The van der Waals surface area contributed by atoms with E-state index in [1.165, 1.54) is 12.8 Å². The van der Waals surface area contributed by atoms with Crippen molar-refractivity contribution in [3.8, 4) is 5.75 Å². The highest BCUT2D eigenvalue weighted by atomic mass is 17.1. The van der Waals surface area contributed by atoms with Crippen LogP contribution in [0.3, 0.4) is 0 Å². The lowest BCUT2D eigenvalue weighted by molar-refractivity contribution is -0.337. The molecule has 0 radical (unpaired) electrons. The number of rotatable bonds is 2. The number of phenols is 1. The minimum Gasteiger partial charge on any atom is -0.508 e. The molecule has 2 aliphatic carbocycles. The molecule has 4 heteroatoms. The monoisotopic (exact) mass is 384 g/mol. The zero-order valence-electron chi connectivity index (χ0n) is 16.6. The van der Waals surface area contributed by atoms with Crippen LogP contribution in [-0.2, 0) is 15.3 Å². The van der Waals surface area contributed by atoms with Gasteiger partial charge in [-0.1, -0.05) is 74.2 Å². The lowest BCUT2D eigenvalue weighted by atomic mass is 9.80. The van der Waals surface area contributed by atoms with E-state index in [9.17, 15) is 4.79 Å². The van der Waals surface area contributed by atoms with Gasteiger partial charge in [-0.25, -0.2) is 4.89 Å². The Morgan fingerprint density at radius 2 is 1.21 bits per heavy atom. The molecular formula is C24H32O4. The normalized spacial score (nSPS) is 18.1. The van der Waals surface area contributed by atoms with Gasteiger partial charge in [-0.3, -0.25) is 10.1 Å². The van der Waals surface area contributed by atoms with Crippen LogP contribution in [-0.4, -0.2) is 16.1 Å². The lowest BCUT2D eigenvalue weighted by Gasteiger charge is -2.34. The number of carbonyl (C=O) groups excluding carboxylic acids is 1. The van der Waals surface area contributed by atoms with E-state index in [-0.39, 0.29) is 0 Å². The van der Waals surface area contributed by atoms with Crippen molar-refractivity contribution in [1.29, 1.82) is 0 Å². The molecule has 152 valence electrons. The molecule has 0 unspecified atom stereocenters. The largest absolute Gasteiger partial charge is 0.508 e. The van der Waals surface area contributed by atoms with Gasteiger partial charge in [0.1, 0.15) is 17.1 Å². The molecule has 2 fully saturated rings. The second-order valence-corrected chi connectivity index (χ2v) is 7.45. The van der Waals surface area contributed by atoms with E-state index < -0.39 is 5.60 Å². The van der Waals surface area contributed by atoms with Gasteiger partial charge in [0.05, 0.1) is 0 Å². The van der Waals surface area contributed by atoms with E-state index in [0.29, 0.717) is 11.5 Å². The van der Waals surface area contributed by atoms with Gasteiger partial charge in [-0.05, 0) is 43.4 Å². The van der Waals surface area contributed by atoms with Crippen LogP contribution in [0.2, 0.25) is 0 Å². The Balaban J connectivity index is 0.000000168. The third-order valence-corrected chi connectivity index (χ3v) is 5.30. The van der Waals surface area contributed by atoms with Crippen LogP contribution >= 0.6 is 0 Å². The molecule has 28 heavy (non-hydrogen) atoms. The van der Waals surface area contributed by atoms with Gasteiger partial charge in [-0.15, -0.1) is 0 Å². The predicted molar refractivity (Wildman–Crippen MR) is 111 cm³/mol. The Morgan fingerprint density at radius 3 is 1.61 bits per heavy atom. The van der Waals surface area contributed by atoms with Gasteiger partial charge in [0.25, 0.3) is 0 Å². The van der Waals surface area contributed by atoms with Crippen LogP contribution < -0.4 is 0 Å². The number of para-hydroxylation sites is 1. The molecule has 0 bridgehead atoms. The Labute approximate surface area is 168 Å². The molecule has 2 aromatic rings. The molecule has 0 saturated heterocycles. The first-order valence-corrected chi connectivity index (χ1v) is 10.3. The first-order valence-electron chi connectivity index (χ1n) is 10.3. The zero-order chi connectivity index (χ0) is 20.1. The summed E-state index contributed by atoms with van der Waals surface area (Å²) in [6, 6.07) is 18.7. The maximum Gasteiger partial charge on any atom is 0.132 e. The molecule has 4 rings (SSSR count). The van der Waals surface area contributed by atoms with E-state index in [1.54, 1.807) is 24.3 Å². The summed E-state index contributed by atoms with van der Waals surface area (Å²) < 4.78 is 0. The molecule has 4 nitrogen and oxygen atoms in total.